The lowest BCUT2D eigenvalue weighted by molar-refractivity contribution is -0.159. The highest BCUT2D eigenvalue weighted by molar-refractivity contribution is 5.82. The number of likely N-dealkylation sites (tertiary alicyclic amines) is 1. The summed E-state index contributed by atoms with van der Waals surface area (Å²) < 4.78 is 5.35. The fraction of sp³-hybridized carbons (Fsp3) is 0.867. The highest BCUT2D eigenvalue weighted by atomic mass is 16.5. The van der Waals surface area contributed by atoms with Crippen LogP contribution in [0, 0.1) is 5.92 Å². The van der Waals surface area contributed by atoms with Gasteiger partial charge in [0, 0.05) is 19.0 Å². The van der Waals surface area contributed by atoms with Gasteiger partial charge in [0.05, 0.1) is 5.60 Å². The Hall–Kier alpha value is -1.14. The Morgan fingerprint density at radius 1 is 1.10 bits per heavy atom. The van der Waals surface area contributed by atoms with E-state index in [9.17, 15) is 14.7 Å². The van der Waals surface area contributed by atoms with Crippen LogP contribution in [0.1, 0.15) is 44.9 Å². The third kappa shape index (κ3) is 2.79. The summed E-state index contributed by atoms with van der Waals surface area (Å²) in [6, 6.07) is 0. The van der Waals surface area contributed by atoms with E-state index in [1.807, 2.05) is 0 Å². The number of carboxylic acids is 1. The summed E-state index contributed by atoms with van der Waals surface area (Å²) in [7, 11) is 0. The van der Waals surface area contributed by atoms with Crippen molar-refractivity contribution in [2.45, 2.75) is 62.8 Å². The number of nitrogens with zero attached hydrogens (tertiary/aromatic N) is 1. The molecule has 0 radical (unpaired) electrons. The van der Waals surface area contributed by atoms with Gasteiger partial charge < -0.3 is 19.8 Å². The lowest BCUT2D eigenvalue weighted by Crippen LogP contribution is -2.56. The second-order valence-electron chi connectivity index (χ2n) is 6.61. The molecule has 0 aromatic carbocycles. The number of carbonyl (C=O) groups excluding carboxylic acids is 1. The average Bonchev–Trinajstić information content (AvgIpc) is 2.95. The van der Waals surface area contributed by atoms with Crippen LogP contribution in [0.25, 0.3) is 0 Å². The molecular weight excluding hydrogens is 274 g/mol. The Kier molecular flexibility index (Phi) is 3.92. The largest absolute Gasteiger partial charge is 0.479 e. The molecule has 2 N–H and O–H groups in total. The van der Waals surface area contributed by atoms with E-state index >= 15 is 0 Å². The van der Waals surface area contributed by atoms with Crippen LogP contribution < -0.4 is 0 Å². The van der Waals surface area contributed by atoms with Crippen molar-refractivity contribution in [2.75, 3.05) is 13.1 Å². The van der Waals surface area contributed by atoms with Gasteiger partial charge in [-0.15, -0.1) is 0 Å². The van der Waals surface area contributed by atoms with Crippen molar-refractivity contribution in [1.29, 1.82) is 0 Å². The average molecular weight is 297 g/mol. The summed E-state index contributed by atoms with van der Waals surface area (Å²) in [6.07, 6.45) is 3.98. The SMILES string of the molecule is O=C(O)[C@H]1CC[C@@H](C(=O)N2CCC3(O)CCCCC3C2)O1. The molecule has 3 fully saturated rings. The Labute approximate surface area is 124 Å². The second kappa shape index (κ2) is 5.57. The maximum absolute atomic E-state index is 12.5. The molecule has 6 nitrogen and oxygen atoms in total. The first-order valence-corrected chi connectivity index (χ1v) is 7.89. The zero-order valence-corrected chi connectivity index (χ0v) is 12.2. The summed E-state index contributed by atoms with van der Waals surface area (Å²) >= 11 is 0. The Morgan fingerprint density at radius 3 is 2.57 bits per heavy atom. The number of aliphatic carboxylic acids is 1. The Morgan fingerprint density at radius 2 is 1.86 bits per heavy atom. The first kappa shape index (κ1) is 14.8. The standard InChI is InChI=1S/C15H23NO5/c17-13(11-4-5-12(21-11)14(18)19)16-8-7-15(20)6-2-1-3-10(15)9-16/h10-12,20H,1-9H2,(H,18,19)/t10?,11-,12+,15?/m0/s1. The van der Waals surface area contributed by atoms with Crippen molar-refractivity contribution in [1.82, 2.24) is 4.90 Å². The van der Waals surface area contributed by atoms with E-state index in [4.69, 9.17) is 9.84 Å². The number of hydrogen-bond acceptors (Lipinski definition) is 4. The van der Waals surface area contributed by atoms with Crippen LogP contribution in [0.3, 0.4) is 0 Å². The number of carboxylic acid groups (broad SMARTS) is 1. The topological polar surface area (TPSA) is 87.1 Å². The smallest absolute Gasteiger partial charge is 0.332 e. The number of fused-ring (bicyclic) bond motifs is 1. The molecule has 118 valence electrons. The number of amides is 1. The first-order valence-electron chi connectivity index (χ1n) is 7.89. The van der Waals surface area contributed by atoms with Gasteiger partial charge >= 0.3 is 5.97 Å². The summed E-state index contributed by atoms with van der Waals surface area (Å²) in [5.74, 6) is -0.947. The first-order chi connectivity index (χ1) is 9.99. The molecule has 2 heterocycles. The van der Waals surface area contributed by atoms with Crippen LogP contribution in [-0.4, -0.2) is 57.9 Å². The molecule has 0 aromatic rings. The second-order valence-corrected chi connectivity index (χ2v) is 6.61. The van der Waals surface area contributed by atoms with E-state index in [1.54, 1.807) is 4.90 Å². The van der Waals surface area contributed by atoms with E-state index in [0.29, 0.717) is 32.4 Å². The molecule has 4 atom stereocenters. The lowest BCUT2D eigenvalue weighted by Gasteiger charge is -2.47. The van der Waals surface area contributed by atoms with E-state index in [-0.39, 0.29) is 11.8 Å². The summed E-state index contributed by atoms with van der Waals surface area (Å²) in [6.45, 7) is 1.12. The van der Waals surface area contributed by atoms with Crippen LogP contribution >= 0.6 is 0 Å². The van der Waals surface area contributed by atoms with Crippen LogP contribution in [0.4, 0.5) is 0 Å². The van der Waals surface area contributed by atoms with Crippen LogP contribution in [0.15, 0.2) is 0 Å². The highest BCUT2D eigenvalue weighted by Crippen LogP contribution is 2.40. The van der Waals surface area contributed by atoms with Gasteiger partial charge in [0.15, 0.2) is 6.10 Å². The summed E-state index contributed by atoms with van der Waals surface area (Å²) in [5.41, 5.74) is -0.602. The minimum absolute atomic E-state index is 0.105. The van der Waals surface area contributed by atoms with Crippen LogP contribution in [0.2, 0.25) is 0 Å². The zero-order valence-electron chi connectivity index (χ0n) is 12.2. The molecule has 1 amide bonds. The van der Waals surface area contributed by atoms with Crippen molar-refractivity contribution >= 4 is 11.9 Å². The fourth-order valence-corrected chi connectivity index (χ4v) is 3.98. The third-order valence-electron chi connectivity index (χ3n) is 5.31. The van der Waals surface area contributed by atoms with Crippen LogP contribution in [0.5, 0.6) is 0 Å². The molecule has 1 saturated carbocycles. The van der Waals surface area contributed by atoms with Gasteiger partial charge in [-0.2, -0.15) is 0 Å². The number of ether oxygens (including phenoxy) is 1. The summed E-state index contributed by atoms with van der Waals surface area (Å²) in [5, 5.41) is 19.6. The van der Waals surface area contributed by atoms with Gasteiger partial charge in [0.1, 0.15) is 6.10 Å². The molecule has 0 bridgehead atoms. The molecule has 0 aromatic heterocycles. The number of piperidine rings is 1. The zero-order chi connectivity index (χ0) is 15.0. The van der Waals surface area contributed by atoms with Crippen molar-refractivity contribution in [3.8, 4) is 0 Å². The molecule has 2 saturated heterocycles. The predicted octanol–water partition coefficient (Wildman–Crippen LogP) is 0.772. The van der Waals surface area contributed by atoms with E-state index in [2.05, 4.69) is 0 Å². The summed E-state index contributed by atoms with van der Waals surface area (Å²) in [4.78, 5) is 25.1. The third-order valence-corrected chi connectivity index (χ3v) is 5.31. The molecule has 1 aliphatic carbocycles. The van der Waals surface area contributed by atoms with Crippen molar-refractivity contribution in [3.05, 3.63) is 0 Å². The molecule has 3 aliphatic rings. The van der Waals surface area contributed by atoms with Gasteiger partial charge in [-0.25, -0.2) is 4.79 Å². The van der Waals surface area contributed by atoms with Gasteiger partial charge in [-0.05, 0) is 32.1 Å². The maximum Gasteiger partial charge on any atom is 0.332 e. The molecule has 2 aliphatic heterocycles. The number of carbonyl (C=O) groups is 2. The molecule has 2 unspecified atom stereocenters. The lowest BCUT2D eigenvalue weighted by atomic mass is 9.71. The van der Waals surface area contributed by atoms with Crippen molar-refractivity contribution in [3.63, 3.8) is 0 Å². The van der Waals surface area contributed by atoms with Crippen LogP contribution in [-0.2, 0) is 14.3 Å². The number of hydrogen-bond donors (Lipinski definition) is 2. The monoisotopic (exact) mass is 297 g/mol. The van der Waals surface area contributed by atoms with Gasteiger partial charge in [-0.3, -0.25) is 4.79 Å². The van der Waals surface area contributed by atoms with E-state index in [1.165, 1.54) is 0 Å². The van der Waals surface area contributed by atoms with Crippen molar-refractivity contribution < 1.29 is 24.5 Å². The Balaban J connectivity index is 1.60. The number of aliphatic hydroxyl groups is 1. The molecule has 3 rings (SSSR count). The number of rotatable bonds is 2. The van der Waals surface area contributed by atoms with Gasteiger partial charge in [0.25, 0.3) is 5.91 Å². The molecular formula is C15H23NO5. The van der Waals surface area contributed by atoms with E-state index in [0.717, 1.165) is 25.7 Å². The molecule has 21 heavy (non-hydrogen) atoms. The maximum atomic E-state index is 12.5. The van der Waals surface area contributed by atoms with E-state index < -0.39 is 23.8 Å². The Bertz CT molecular complexity index is 440. The van der Waals surface area contributed by atoms with Gasteiger partial charge in [0.2, 0.25) is 0 Å². The highest BCUT2D eigenvalue weighted by Gasteiger charge is 2.45. The molecule has 6 heteroatoms. The molecule has 0 spiro atoms. The quantitative estimate of drug-likeness (QED) is 0.786. The normalized spacial score (nSPS) is 39.9. The van der Waals surface area contributed by atoms with Gasteiger partial charge in [-0.1, -0.05) is 12.8 Å². The predicted molar refractivity (Wildman–Crippen MR) is 73.6 cm³/mol. The fourth-order valence-electron chi connectivity index (χ4n) is 3.98. The van der Waals surface area contributed by atoms with Crippen molar-refractivity contribution in [2.24, 2.45) is 5.92 Å². The minimum Gasteiger partial charge on any atom is -0.479 e. The minimum atomic E-state index is -0.995.